The van der Waals surface area contributed by atoms with Gasteiger partial charge in [-0.25, -0.2) is 4.99 Å². The molecule has 0 spiro atoms. The van der Waals surface area contributed by atoms with Crippen molar-refractivity contribution in [2.75, 3.05) is 6.26 Å². The summed E-state index contributed by atoms with van der Waals surface area (Å²) in [5.74, 6) is 0.641. The van der Waals surface area contributed by atoms with E-state index in [-0.39, 0.29) is 11.6 Å². The van der Waals surface area contributed by atoms with Crippen LogP contribution in [0.2, 0.25) is 0 Å². The van der Waals surface area contributed by atoms with Gasteiger partial charge in [0, 0.05) is 16.5 Å². The number of aromatic nitrogens is 1. The van der Waals surface area contributed by atoms with Crippen LogP contribution in [0.1, 0.15) is 34.9 Å². The smallest absolute Gasteiger partial charge is 0.271 e. The Hall–Kier alpha value is -2.61. The van der Waals surface area contributed by atoms with Crippen molar-refractivity contribution in [3.05, 3.63) is 113 Å². The van der Waals surface area contributed by atoms with Crippen molar-refractivity contribution in [1.29, 1.82) is 0 Å². The minimum Gasteiger partial charge on any atom is -0.450 e. The van der Waals surface area contributed by atoms with E-state index in [1.807, 2.05) is 16.7 Å². The molecule has 0 saturated heterocycles. The first-order chi connectivity index (χ1) is 16.1. The Morgan fingerprint density at radius 3 is 2.70 bits per heavy atom. The first-order valence-electron chi connectivity index (χ1n) is 10.6. The van der Waals surface area contributed by atoms with Crippen LogP contribution in [0.5, 0.6) is 0 Å². The van der Waals surface area contributed by atoms with E-state index in [0.29, 0.717) is 15.0 Å². The average molecular weight is 535 g/mol. The van der Waals surface area contributed by atoms with Crippen molar-refractivity contribution < 1.29 is 4.42 Å². The maximum absolute atomic E-state index is 13.7. The zero-order valence-electron chi connectivity index (χ0n) is 17.7. The summed E-state index contributed by atoms with van der Waals surface area (Å²) in [5.41, 5.74) is 5.81. The SMILES string of the molecule is CSc1ccc(C2C3=C(N=c4sc(=Cc5ccc(Br)o5)c(=O)n42)c2ccccc2CC3)cc1. The van der Waals surface area contributed by atoms with Gasteiger partial charge in [-0.15, -0.1) is 11.8 Å². The van der Waals surface area contributed by atoms with Crippen LogP contribution in [0, 0.1) is 0 Å². The summed E-state index contributed by atoms with van der Waals surface area (Å²) in [6.45, 7) is 0. The molecule has 3 heterocycles. The van der Waals surface area contributed by atoms with Gasteiger partial charge in [0.2, 0.25) is 0 Å². The zero-order chi connectivity index (χ0) is 22.5. The second-order valence-corrected chi connectivity index (χ2v) is 10.7. The van der Waals surface area contributed by atoms with E-state index in [4.69, 9.17) is 9.41 Å². The van der Waals surface area contributed by atoms with Crippen molar-refractivity contribution in [2.24, 2.45) is 4.99 Å². The topological polar surface area (TPSA) is 47.5 Å². The number of allylic oxidation sites excluding steroid dienone is 1. The fraction of sp³-hybridized carbons (Fsp3) is 0.154. The fourth-order valence-corrected chi connectivity index (χ4v) is 6.35. The molecule has 1 aliphatic carbocycles. The Morgan fingerprint density at radius 1 is 1.12 bits per heavy atom. The Balaban J connectivity index is 1.62. The summed E-state index contributed by atoms with van der Waals surface area (Å²) in [5, 5.41) is 0. The molecular formula is C26H19BrN2O2S2. The van der Waals surface area contributed by atoms with Crippen molar-refractivity contribution in [3.8, 4) is 0 Å². The average Bonchev–Trinajstić information content (AvgIpc) is 3.40. The molecule has 0 amide bonds. The van der Waals surface area contributed by atoms with E-state index >= 15 is 0 Å². The lowest BCUT2D eigenvalue weighted by atomic mass is 9.83. The molecule has 2 aromatic heterocycles. The van der Waals surface area contributed by atoms with Gasteiger partial charge in [-0.2, -0.15) is 0 Å². The number of rotatable bonds is 3. The molecule has 0 fully saturated rings. The molecule has 1 unspecified atom stereocenters. The monoisotopic (exact) mass is 534 g/mol. The van der Waals surface area contributed by atoms with Crippen LogP contribution in [0.25, 0.3) is 11.8 Å². The molecule has 2 aliphatic rings. The Bertz CT molecular complexity index is 1590. The summed E-state index contributed by atoms with van der Waals surface area (Å²) in [7, 11) is 0. The second kappa shape index (κ2) is 8.31. The molecule has 7 heteroatoms. The minimum atomic E-state index is -0.161. The Labute approximate surface area is 207 Å². The summed E-state index contributed by atoms with van der Waals surface area (Å²) in [6.07, 6.45) is 5.72. The first kappa shape index (κ1) is 21.0. The Kier molecular flexibility index (Phi) is 5.28. The largest absolute Gasteiger partial charge is 0.450 e. The third-order valence-corrected chi connectivity index (χ3v) is 8.32. The first-order valence-corrected chi connectivity index (χ1v) is 13.5. The van der Waals surface area contributed by atoms with Gasteiger partial charge < -0.3 is 4.42 Å². The number of halogens is 1. The van der Waals surface area contributed by atoms with Crippen LogP contribution in [0.15, 0.2) is 90.0 Å². The van der Waals surface area contributed by atoms with Gasteiger partial charge in [0.25, 0.3) is 5.56 Å². The number of hydrogen-bond acceptors (Lipinski definition) is 5. The molecule has 1 atom stereocenters. The number of nitrogens with zero attached hydrogens (tertiary/aromatic N) is 2. The van der Waals surface area contributed by atoms with Crippen LogP contribution in [0.4, 0.5) is 0 Å². The normalized spacial score (nSPS) is 17.4. The molecule has 33 heavy (non-hydrogen) atoms. The molecule has 1 aliphatic heterocycles. The van der Waals surface area contributed by atoms with E-state index in [2.05, 4.69) is 70.7 Å². The van der Waals surface area contributed by atoms with Crippen molar-refractivity contribution in [1.82, 2.24) is 4.57 Å². The number of aryl methyl sites for hydroxylation is 1. The quantitative estimate of drug-likeness (QED) is 0.331. The van der Waals surface area contributed by atoms with E-state index in [9.17, 15) is 4.79 Å². The maximum atomic E-state index is 13.7. The van der Waals surface area contributed by atoms with E-state index < -0.39 is 0 Å². The van der Waals surface area contributed by atoms with Crippen LogP contribution in [-0.4, -0.2) is 10.8 Å². The highest BCUT2D eigenvalue weighted by atomic mass is 79.9. The molecule has 4 aromatic rings. The predicted octanol–water partition coefficient (Wildman–Crippen LogP) is 5.40. The van der Waals surface area contributed by atoms with Crippen LogP contribution in [0.3, 0.4) is 0 Å². The highest BCUT2D eigenvalue weighted by Gasteiger charge is 2.32. The number of fused-ring (bicyclic) bond motifs is 3. The zero-order valence-corrected chi connectivity index (χ0v) is 21.0. The van der Waals surface area contributed by atoms with Gasteiger partial charge in [0.15, 0.2) is 9.47 Å². The predicted molar refractivity (Wildman–Crippen MR) is 137 cm³/mol. The van der Waals surface area contributed by atoms with Crippen LogP contribution >= 0.6 is 39.0 Å². The number of thiazole rings is 1. The number of hydrogen-bond donors (Lipinski definition) is 0. The lowest BCUT2D eigenvalue weighted by Gasteiger charge is -2.30. The van der Waals surface area contributed by atoms with Gasteiger partial charge >= 0.3 is 0 Å². The lowest BCUT2D eigenvalue weighted by molar-refractivity contribution is 0.531. The van der Waals surface area contributed by atoms with Gasteiger partial charge in [-0.05, 0) is 76.0 Å². The summed E-state index contributed by atoms with van der Waals surface area (Å²) >= 11 is 6.47. The second-order valence-electron chi connectivity index (χ2n) is 8.03. The maximum Gasteiger partial charge on any atom is 0.271 e. The third kappa shape index (κ3) is 3.59. The minimum absolute atomic E-state index is 0.0318. The Morgan fingerprint density at radius 2 is 1.94 bits per heavy atom. The van der Waals surface area contributed by atoms with E-state index in [1.165, 1.54) is 32.9 Å². The summed E-state index contributed by atoms with van der Waals surface area (Å²) < 4.78 is 8.76. The fourth-order valence-electron chi connectivity index (χ4n) is 4.64. The van der Waals surface area contributed by atoms with Crippen molar-refractivity contribution in [2.45, 2.75) is 23.8 Å². The molecule has 4 nitrogen and oxygen atoms in total. The standard InChI is InChI=1S/C26H19BrN2O2S2/c1-32-18-10-6-16(7-11-18)24-20-12-8-15-4-2-3-5-19(15)23(20)28-26-29(24)25(30)21(33-26)14-17-9-13-22(27)31-17/h2-7,9-11,13-14,24H,8,12H2,1H3. The van der Waals surface area contributed by atoms with Gasteiger partial charge in [-0.1, -0.05) is 47.7 Å². The number of benzene rings is 2. The molecule has 2 aromatic carbocycles. The summed E-state index contributed by atoms with van der Waals surface area (Å²) in [4.78, 5) is 20.6. The van der Waals surface area contributed by atoms with Crippen molar-refractivity contribution >= 4 is 50.8 Å². The third-order valence-electron chi connectivity index (χ3n) is 6.17. The molecule has 164 valence electrons. The highest BCUT2D eigenvalue weighted by molar-refractivity contribution is 9.10. The molecular weight excluding hydrogens is 516 g/mol. The molecule has 6 rings (SSSR count). The van der Waals surface area contributed by atoms with Gasteiger partial charge in [-0.3, -0.25) is 9.36 Å². The van der Waals surface area contributed by atoms with Gasteiger partial charge in [0.05, 0.1) is 16.3 Å². The van der Waals surface area contributed by atoms with Crippen LogP contribution in [-0.2, 0) is 6.42 Å². The summed E-state index contributed by atoms with van der Waals surface area (Å²) in [6, 6.07) is 20.6. The van der Waals surface area contributed by atoms with Crippen LogP contribution < -0.4 is 14.9 Å². The van der Waals surface area contributed by atoms with E-state index in [0.717, 1.165) is 28.9 Å². The molecule has 0 N–H and O–H groups in total. The van der Waals surface area contributed by atoms with Gasteiger partial charge in [0.1, 0.15) is 5.76 Å². The van der Waals surface area contributed by atoms with Crippen molar-refractivity contribution in [3.63, 3.8) is 0 Å². The lowest BCUT2D eigenvalue weighted by Crippen LogP contribution is -2.38. The number of thioether (sulfide) groups is 1. The highest BCUT2D eigenvalue weighted by Crippen LogP contribution is 2.41. The van der Waals surface area contributed by atoms with E-state index in [1.54, 1.807) is 17.8 Å². The molecule has 0 radical (unpaired) electrons. The molecule has 0 bridgehead atoms. The molecule has 0 saturated carbocycles. The number of furan rings is 1.